The predicted molar refractivity (Wildman–Crippen MR) is 91.3 cm³/mol. The fourth-order valence-electron chi connectivity index (χ4n) is 5.72. The number of aliphatic hydroxyl groups is 1. The van der Waals surface area contributed by atoms with Crippen molar-refractivity contribution < 1.29 is 5.11 Å². The maximum atomic E-state index is 11.9. The molecule has 23 heavy (non-hydrogen) atoms. The molecule has 0 amide bonds. The van der Waals surface area contributed by atoms with Crippen LogP contribution in [0.25, 0.3) is 0 Å². The van der Waals surface area contributed by atoms with Crippen LogP contribution in [0.3, 0.4) is 0 Å². The first-order valence-corrected chi connectivity index (χ1v) is 8.80. The minimum absolute atomic E-state index is 0.302. The quantitative estimate of drug-likeness (QED) is 0.871. The largest absolute Gasteiger partial charge is 0.380 e. The second-order valence-corrected chi connectivity index (χ2v) is 7.55. The van der Waals surface area contributed by atoms with E-state index in [4.69, 9.17) is 0 Å². The minimum atomic E-state index is -0.829. The SMILES string of the molecule is CN1C2CCC1C1c3ccccc3C(O)(c3ccccc3)C1C2. The van der Waals surface area contributed by atoms with Crippen LogP contribution in [-0.4, -0.2) is 29.1 Å². The van der Waals surface area contributed by atoms with E-state index in [2.05, 4.69) is 48.3 Å². The average Bonchev–Trinajstić information content (AvgIpc) is 2.98. The first kappa shape index (κ1) is 13.8. The normalized spacial score (nSPS) is 38.3. The van der Waals surface area contributed by atoms with Crippen molar-refractivity contribution in [3.05, 3.63) is 71.3 Å². The summed E-state index contributed by atoms with van der Waals surface area (Å²) in [5.74, 6) is 0.760. The molecule has 5 atom stereocenters. The summed E-state index contributed by atoms with van der Waals surface area (Å²) in [7, 11) is 2.28. The Balaban J connectivity index is 1.74. The van der Waals surface area contributed by atoms with Crippen molar-refractivity contribution in [1.29, 1.82) is 0 Å². The lowest BCUT2D eigenvalue weighted by Crippen LogP contribution is -2.48. The van der Waals surface area contributed by atoms with Gasteiger partial charge in [-0.25, -0.2) is 0 Å². The van der Waals surface area contributed by atoms with Crippen LogP contribution in [0.2, 0.25) is 0 Å². The molecule has 1 aliphatic carbocycles. The number of fused-ring (bicyclic) bond motifs is 6. The molecule has 2 fully saturated rings. The van der Waals surface area contributed by atoms with Crippen molar-refractivity contribution >= 4 is 0 Å². The Morgan fingerprint density at radius 2 is 1.74 bits per heavy atom. The van der Waals surface area contributed by atoms with Crippen LogP contribution in [0.4, 0.5) is 0 Å². The molecule has 5 rings (SSSR count). The van der Waals surface area contributed by atoms with E-state index in [1.807, 2.05) is 18.2 Å². The molecular formula is C21H23NO. The number of nitrogens with zero attached hydrogens (tertiary/aromatic N) is 1. The number of hydrogen-bond acceptors (Lipinski definition) is 2. The van der Waals surface area contributed by atoms with Gasteiger partial charge in [-0.05, 0) is 43.0 Å². The summed E-state index contributed by atoms with van der Waals surface area (Å²) >= 11 is 0. The molecule has 5 unspecified atom stereocenters. The first-order chi connectivity index (χ1) is 11.2. The number of hydrogen-bond donors (Lipinski definition) is 1. The standard InChI is InChI=1S/C21H23NO/c1-22-15-11-12-19(22)20-16-9-5-6-10-17(16)21(23,18(20)13-15)14-7-3-2-4-8-14/h2-10,15,18-20,23H,11-13H2,1H3. The molecule has 3 aliphatic rings. The second-order valence-electron chi connectivity index (χ2n) is 7.55. The maximum absolute atomic E-state index is 11.9. The molecule has 2 bridgehead atoms. The lowest BCUT2D eigenvalue weighted by atomic mass is 9.72. The van der Waals surface area contributed by atoms with E-state index in [1.54, 1.807) is 0 Å². The fourth-order valence-corrected chi connectivity index (χ4v) is 5.72. The highest BCUT2D eigenvalue weighted by Crippen LogP contribution is 2.60. The van der Waals surface area contributed by atoms with Crippen molar-refractivity contribution in [3.63, 3.8) is 0 Å². The van der Waals surface area contributed by atoms with Crippen molar-refractivity contribution in [2.45, 2.75) is 42.9 Å². The van der Waals surface area contributed by atoms with Gasteiger partial charge < -0.3 is 5.11 Å². The van der Waals surface area contributed by atoms with E-state index >= 15 is 0 Å². The van der Waals surface area contributed by atoms with Gasteiger partial charge in [-0.15, -0.1) is 0 Å². The Morgan fingerprint density at radius 3 is 2.57 bits per heavy atom. The van der Waals surface area contributed by atoms with Crippen LogP contribution in [0.5, 0.6) is 0 Å². The Bertz CT molecular complexity index is 743. The molecule has 0 saturated carbocycles. The van der Waals surface area contributed by atoms with E-state index in [1.165, 1.54) is 18.4 Å². The van der Waals surface area contributed by atoms with Crippen LogP contribution in [0.15, 0.2) is 54.6 Å². The Hall–Kier alpha value is -1.64. The lowest BCUT2D eigenvalue weighted by Gasteiger charge is -2.44. The molecule has 2 aliphatic heterocycles. The summed E-state index contributed by atoms with van der Waals surface area (Å²) < 4.78 is 0. The molecule has 2 aromatic carbocycles. The average molecular weight is 305 g/mol. The monoisotopic (exact) mass is 305 g/mol. The molecule has 0 aromatic heterocycles. The second kappa shape index (κ2) is 4.68. The Morgan fingerprint density at radius 1 is 1.00 bits per heavy atom. The van der Waals surface area contributed by atoms with Crippen molar-refractivity contribution in [2.24, 2.45) is 5.92 Å². The van der Waals surface area contributed by atoms with Gasteiger partial charge in [0, 0.05) is 23.9 Å². The lowest BCUT2D eigenvalue weighted by molar-refractivity contribution is -0.0242. The van der Waals surface area contributed by atoms with Gasteiger partial charge in [0.2, 0.25) is 0 Å². The van der Waals surface area contributed by atoms with E-state index < -0.39 is 5.60 Å². The highest BCUT2D eigenvalue weighted by atomic mass is 16.3. The van der Waals surface area contributed by atoms with Gasteiger partial charge in [0.1, 0.15) is 5.60 Å². The number of rotatable bonds is 1. The first-order valence-electron chi connectivity index (χ1n) is 8.80. The smallest absolute Gasteiger partial charge is 0.118 e. The highest BCUT2D eigenvalue weighted by Gasteiger charge is 2.59. The van der Waals surface area contributed by atoms with Crippen molar-refractivity contribution in [2.75, 3.05) is 7.05 Å². The van der Waals surface area contributed by atoms with E-state index in [0.717, 1.165) is 17.5 Å². The third kappa shape index (κ3) is 1.66. The minimum Gasteiger partial charge on any atom is -0.380 e. The molecule has 0 radical (unpaired) electrons. The van der Waals surface area contributed by atoms with Gasteiger partial charge >= 0.3 is 0 Å². The van der Waals surface area contributed by atoms with E-state index in [9.17, 15) is 5.11 Å². The summed E-state index contributed by atoms with van der Waals surface area (Å²) in [5.41, 5.74) is 2.75. The van der Waals surface area contributed by atoms with Crippen LogP contribution in [-0.2, 0) is 5.60 Å². The molecule has 1 N–H and O–H groups in total. The van der Waals surface area contributed by atoms with Gasteiger partial charge in [-0.1, -0.05) is 54.6 Å². The predicted octanol–water partition coefficient (Wildman–Crippen LogP) is 3.50. The van der Waals surface area contributed by atoms with Crippen LogP contribution in [0.1, 0.15) is 41.9 Å². The molecule has 2 heterocycles. The van der Waals surface area contributed by atoms with Gasteiger partial charge in [-0.2, -0.15) is 0 Å². The summed E-state index contributed by atoms with van der Waals surface area (Å²) in [6.45, 7) is 0. The zero-order valence-corrected chi connectivity index (χ0v) is 13.5. The summed E-state index contributed by atoms with van der Waals surface area (Å²) in [5, 5.41) is 11.9. The summed E-state index contributed by atoms with van der Waals surface area (Å²) in [4.78, 5) is 2.58. The summed E-state index contributed by atoms with van der Waals surface area (Å²) in [6.07, 6.45) is 3.64. The zero-order valence-electron chi connectivity index (χ0n) is 13.5. The van der Waals surface area contributed by atoms with Crippen LogP contribution < -0.4 is 0 Å². The Labute approximate surface area is 137 Å². The van der Waals surface area contributed by atoms with E-state index in [0.29, 0.717) is 23.9 Å². The third-order valence-electron chi connectivity index (χ3n) is 6.75. The highest BCUT2D eigenvalue weighted by molar-refractivity contribution is 5.50. The van der Waals surface area contributed by atoms with Gasteiger partial charge in [0.05, 0.1) is 0 Å². The van der Waals surface area contributed by atoms with E-state index in [-0.39, 0.29) is 0 Å². The van der Waals surface area contributed by atoms with Gasteiger partial charge in [-0.3, -0.25) is 4.90 Å². The van der Waals surface area contributed by atoms with Gasteiger partial charge in [0.15, 0.2) is 0 Å². The molecule has 2 heteroatoms. The molecule has 2 nitrogen and oxygen atoms in total. The topological polar surface area (TPSA) is 23.5 Å². The van der Waals surface area contributed by atoms with Crippen molar-refractivity contribution in [3.8, 4) is 0 Å². The zero-order chi connectivity index (χ0) is 15.6. The summed E-state index contributed by atoms with van der Waals surface area (Å²) in [6, 6.07) is 20.1. The number of piperidine rings is 1. The molecule has 2 saturated heterocycles. The van der Waals surface area contributed by atoms with Crippen molar-refractivity contribution in [1.82, 2.24) is 4.90 Å². The Kier molecular flexibility index (Phi) is 2.80. The van der Waals surface area contributed by atoms with Gasteiger partial charge in [0.25, 0.3) is 0 Å². The number of benzene rings is 2. The molecule has 2 aromatic rings. The van der Waals surface area contributed by atoms with Crippen LogP contribution in [0, 0.1) is 5.92 Å². The third-order valence-corrected chi connectivity index (χ3v) is 6.75. The molecule has 118 valence electrons. The van der Waals surface area contributed by atoms with Crippen LogP contribution >= 0.6 is 0 Å². The number of likely N-dealkylation sites (N-methyl/N-ethyl adjacent to an activating group) is 1. The molecule has 0 spiro atoms. The maximum Gasteiger partial charge on any atom is 0.118 e. The molecular weight excluding hydrogens is 282 g/mol. The fraction of sp³-hybridized carbons (Fsp3) is 0.429.